The van der Waals surface area contributed by atoms with Gasteiger partial charge >= 0.3 is 0 Å². The Bertz CT molecular complexity index is 731. The quantitative estimate of drug-likeness (QED) is 0.901. The van der Waals surface area contributed by atoms with Gasteiger partial charge in [-0.25, -0.2) is 0 Å². The number of methoxy groups -OCH3 is 1. The van der Waals surface area contributed by atoms with Gasteiger partial charge in [0, 0.05) is 13.1 Å². The third kappa shape index (κ3) is 3.91. The van der Waals surface area contributed by atoms with Crippen LogP contribution in [0.5, 0.6) is 11.5 Å². The molecule has 0 bridgehead atoms. The lowest BCUT2D eigenvalue weighted by molar-refractivity contribution is -0.145. The van der Waals surface area contributed by atoms with Crippen LogP contribution in [0.1, 0.15) is 11.6 Å². The number of ether oxygens (including phenoxy) is 2. The van der Waals surface area contributed by atoms with E-state index in [0.717, 1.165) is 5.56 Å². The summed E-state index contributed by atoms with van der Waals surface area (Å²) in [5.41, 5.74) is 0.742. The Morgan fingerprint density at radius 1 is 1.12 bits per heavy atom. The number of benzene rings is 2. The van der Waals surface area contributed by atoms with Crippen LogP contribution < -0.4 is 14.8 Å². The van der Waals surface area contributed by atoms with Crippen LogP contribution in [0.4, 0.5) is 0 Å². The summed E-state index contributed by atoms with van der Waals surface area (Å²) in [5, 5.41) is 2.81. The lowest BCUT2D eigenvalue weighted by atomic mass is 10.0. The van der Waals surface area contributed by atoms with Crippen molar-refractivity contribution in [2.45, 2.75) is 6.04 Å². The van der Waals surface area contributed by atoms with Crippen molar-refractivity contribution < 1.29 is 19.1 Å². The smallest absolute Gasteiger partial charge is 0.261 e. The molecular weight excluding hydrogens is 320 g/mol. The van der Waals surface area contributed by atoms with Crippen molar-refractivity contribution >= 4 is 11.8 Å². The van der Waals surface area contributed by atoms with Crippen LogP contribution in [0.15, 0.2) is 54.6 Å². The zero-order chi connectivity index (χ0) is 17.6. The Morgan fingerprint density at radius 3 is 2.52 bits per heavy atom. The molecule has 6 nitrogen and oxygen atoms in total. The normalized spacial score (nSPS) is 16.9. The van der Waals surface area contributed by atoms with E-state index >= 15 is 0 Å². The fourth-order valence-electron chi connectivity index (χ4n) is 2.80. The first kappa shape index (κ1) is 16.8. The fourth-order valence-corrected chi connectivity index (χ4v) is 2.80. The highest BCUT2D eigenvalue weighted by molar-refractivity contribution is 5.90. The highest BCUT2D eigenvalue weighted by Crippen LogP contribution is 2.25. The molecule has 0 aliphatic carbocycles. The minimum atomic E-state index is -0.661. The van der Waals surface area contributed by atoms with E-state index in [1.165, 1.54) is 0 Å². The Kier molecular flexibility index (Phi) is 5.18. The van der Waals surface area contributed by atoms with E-state index in [1.807, 2.05) is 18.2 Å². The number of para-hydroxylation sites is 1. The molecule has 1 heterocycles. The first-order chi connectivity index (χ1) is 12.2. The average Bonchev–Trinajstić information content (AvgIpc) is 2.67. The van der Waals surface area contributed by atoms with Gasteiger partial charge in [-0.3, -0.25) is 9.59 Å². The van der Waals surface area contributed by atoms with Crippen molar-refractivity contribution in [2.75, 3.05) is 26.8 Å². The summed E-state index contributed by atoms with van der Waals surface area (Å²) in [5.74, 6) is 0.910. The number of carbonyl (C=O) groups is 2. The standard InChI is InChI=1S/C19H20N2O4/c1-24-15-9-7-14(8-10-15)18-19(23)20-11-12-21(18)17(22)13-25-16-5-3-2-4-6-16/h2-10,18H,11-13H2,1H3,(H,20,23). The van der Waals surface area contributed by atoms with E-state index < -0.39 is 6.04 Å². The lowest BCUT2D eigenvalue weighted by Crippen LogP contribution is -2.53. The van der Waals surface area contributed by atoms with Gasteiger partial charge in [-0.2, -0.15) is 0 Å². The molecule has 1 aliphatic rings. The zero-order valence-corrected chi connectivity index (χ0v) is 14.0. The number of rotatable bonds is 5. The summed E-state index contributed by atoms with van der Waals surface area (Å²) in [6.45, 7) is 0.770. The SMILES string of the molecule is COc1ccc(C2C(=O)NCCN2C(=O)COc2ccccc2)cc1. The van der Waals surface area contributed by atoms with Crippen LogP contribution in [-0.4, -0.2) is 43.5 Å². The summed E-state index contributed by atoms with van der Waals surface area (Å²) in [6, 6.07) is 15.6. The van der Waals surface area contributed by atoms with Crippen molar-refractivity contribution in [1.82, 2.24) is 10.2 Å². The Balaban J connectivity index is 1.74. The Morgan fingerprint density at radius 2 is 1.84 bits per heavy atom. The van der Waals surface area contributed by atoms with Gasteiger partial charge in [0.1, 0.15) is 17.5 Å². The number of amides is 2. The number of hydrogen-bond donors (Lipinski definition) is 1. The third-order valence-corrected chi connectivity index (χ3v) is 4.07. The van der Waals surface area contributed by atoms with Gasteiger partial charge in [-0.05, 0) is 29.8 Å². The molecule has 1 aliphatic heterocycles. The molecule has 25 heavy (non-hydrogen) atoms. The highest BCUT2D eigenvalue weighted by Gasteiger charge is 2.34. The molecule has 3 rings (SSSR count). The summed E-state index contributed by atoms with van der Waals surface area (Å²) < 4.78 is 10.7. The number of nitrogens with zero attached hydrogens (tertiary/aromatic N) is 1. The maximum atomic E-state index is 12.6. The first-order valence-electron chi connectivity index (χ1n) is 8.08. The minimum absolute atomic E-state index is 0.107. The largest absolute Gasteiger partial charge is 0.497 e. The number of nitrogens with one attached hydrogen (secondary N) is 1. The minimum Gasteiger partial charge on any atom is -0.497 e. The molecule has 0 spiro atoms. The summed E-state index contributed by atoms with van der Waals surface area (Å²) in [7, 11) is 1.58. The second-order valence-electron chi connectivity index (χ2n) is 5.66. The Labute approximate surface area is 146 Å². The third-order valence-electron chi connectivity index (χ3n) is 4.07. The second-order valence-corrected chi connectivity index (χ2v) is 5.66. The molecule has 6 heteroatoms. The van der Waals surface area contributed by atoms with E-state index in [2.05, 4.69) is 5.32 Å². The lowest BCUT2D eigenvalue weighted by Gasteiger charge is -2.35. The number of piperazine rings is 1. The van der Waals surface area contributed by atoms with Crippen LogP contribution in [0.25, 0.3) is 0 Å². The predicted octanol–water partition coefficient (Wildman–Crippen LogP) is 1.77. The average molecular weight is 340 g/mol. The summed E-state index contributed by atoms with van der Waals surface area (Å²) in [4.78, 5) is 26.5. The molecule has 1 saturated heterocycles. The first-order valence-corrected chi connectivity index (χ1v) is 8.08. The molecule has 1 fully saturated rings. The van der Waals surface area contributed by atoms with E-state index in [-0.39, 0.29) is 18.4 Å². The van der Waals surface area contributed by atoms with Gasteiger partial charge in [-0.1, -0.05) is 30.3 Å². The van der Waals surface area contributed by atoms with Crippen LogP contribution in [0.3, 0.4) is 0 Å². The monoisotopic (exact) mass is 340 g/mol. The highest BCUT2D eigenvalue weighted by atomic mass is 16.5. The second kappa shape index (κ2) is 7.70. The maximum absolute atomic E-state index is 12.6. The molecule has 0 radical (unpaired) electrons. The molecule has 1 unspecified atom stereocenters. The zero-order valence-electron chi connectivity index (χ0n) is 14.0. The van der Waals surface area contributed by atoms with Gasteiger partial charge in [0.15, 0.2) is 6.61 Å². The molecule has 1 N–H and O–H groups in total. The summed E-state index contributed by atoms with van der Waals surface area (Å²) in [6.07, 6.45) is 0. The van der Waals surface area contributed by atoms with Crippen molar-refractivity contribution in [3.05, 3.63) is 60.2 Å². The van der Waals surface area contributed by atoms with Gasteiger partial charge in [0.05, 0.1) is 7.11 Å². The van der Waals surface area contributed by atoms with E-state index in [0.29, 0.717) is 24.6 Å². The van der Waals surface area contributed by atoms with Crippen molar-refractivity contribution in [2.24, 2.45) is 0 Å². The predicted molar refractivity (Wildman–Crippen MR) is 92.4 cm³/mol. The van der Waals surface area contributed by atoms with Crippen molar-refractivity contribution in [3.8, 4) is 11.5 Å². The molecule has 0 aromatic heterocycles. The van der Waals surface area contributed by atoms with Crippen molar-refractivity contribution in [1.29, 1.82) is 0 Å². The molecule has 0 saturated carbocycles. The molecule has 2 amide bonds. The molecule has 2 aromatic rings. The van der Waals surface area contributed by atoms with Gasteiger partial charge in [0.2, 0.25) is 5.91 Å². The van der Waals surface area contributed by atoms with Crippen molar-refractivity contribution in [3.63, 3.8) is 0 Å². The van der Waals surface area contributed by atoms with E-state index in [9.17, 15) is 9.59 Å². The number of hydrogen-bond acceptors (Lipinski definition) is 4. The van der Waals surface area contributed by atoms with Gasteiger partial charge in [0.25, 0.3) is 5.91 Å². The summed E-state index contributed by atoms with van der Waals surface area (Å²) >= 11 is 0. The van der Waals surface area contributed by atoms with Crippen LogP contribution in [0, 0.1) is 0 Å². The van der Waals surface area contributed by atoms with Gasteiger partial charge in [-0.15, -0.1) is 0 Å². The van der Waals surface area contributed by atoms with Crippen LogP contribution in [0.2, 0.25) is 0 Å². The van der Waals surface area contributed by atoms with E-state index in [4.69, 9.17) is 9.47 Å². The maximum Gasteiger partial charge on any atom is 0.261 e. The molecule has 1 atom stereocenters. The van der Waals surface area contributed by atoms with Crippen LogP contribution >= 0.6 is 0 Å². The van der Waals surface area contributed by atoms with Gasteiger partial charge < -0.3 is 19.7 Å². The topological polar surface area (TPSA) is 67.9 Å². The molecular formula is C19H20N2O4. The fraction of sp³-hybridized carbons (Fsp3) is 0.263. The molecule has 2 aromatic carbocycles. The Hall–Kier alpha value is -3.02. The van der Waals surface area contributed by atoms with E-state index in [1.54, 1.807) is 48.4 Å². The van der Waals surface area contributed by atoms with Crippen LogP contribution in [-0.2, 0) is 9.59 Å². The number of carbonyl (C=O) groups excluding carboxylic acids is 2. The molecule has 130 valence electrons.